The summed E-state index contributed by atoms with van der Waals surface area (Å²) in [5.74, 6) is -0.897. The van der Waals surface area contributed by atoms with Gasteiger partial charge in [-0.1, -0.05) is 72.7 Å². The fourth-order valence-electron chi connectivity index (χ4n) is 7.20. The lowest BCUT2D eigenvalue weighted by molar-refractivity contribution is 0.0696. The van der Waals surface area contributed by atoms with Crippen LogP contribution in [0.15, 0.2) is 59.6 Å². The van der Waals surface area contributed by atoms with Gasteiger partial charge in [0, 0.05) is 55.0 Å². The molecular weight excluding hydrogens is 731 g/mol. The average Bonchev–Trinajstić information content (AvgIpc) is 3.44. The number of nitrogens with zero attached hydrogens (tertiary/aromatic N) is 5. The van der Waals surface area contributed by atoms with Crippen LogP contribution < -0.4 is 14.8 Å². The molecule has 0 radical (unpaired) electrons. The molecule has 0 amide bonds. The summed E-state index contributed by atoms with van der Waals surface area (Å²) in [6.45, 7) is 16.3. The molecule has 1 atom stereocenters. The second-order valence-corrected chi connectivity index (χ2v) is 17.1. The number of rotatable bonds is 18. The van der Waals surface area contributed by atoms with Crippen molar-refractivity contribution in [2.24, 2.45) is 13.0 Å². The fourth-order valence-corrected chi connectivity index (χ4v) is 8.19. The van der Waals surface area contributed by atoms with Crippen LogP contribution in [0.2, 0.25) is 0 Å². The Kier molecular flexibility index (Phi) is 13.5. The number of hydrogen-bond donors (Lipinski definition) is 3. The maximum Gasteiger partial charge on any atom is 0.335 e. The summed E-state index contributed by atoms with van der Waals surface area (Å²) in [6.07, 6.45) is 4.82. The van der Waals surface area contributed by atoms with E-state index in [0.29, 0.717) is 24.8 Å². The van der Waals surface area contributed by atoms with Crippen LogP contribution in [-0.4, -0.2) is 70.4 Å². The molecule has 3 heterocycles. The minimum Gasteiger partial charge on any atom is -0.478 e. The van der Waals surface area contributed by atoms with E-state index >= 15 is 0 Å². The first-order valence-corrected chi connectivity index (χ1v) is 20.6. The average molecular weight is 786 g/mol. The van der Waals surface area contributed by atoms with Crippen LogP contribution in [0.25, 0.3) is 22.4 Å². The minimum atomic E-state index is -4.26. The molecule has 0 aliphatic heterocycles. The third-order valence-electron chi connectivity index (χ3n) is 9.63. The number of aromatic nitrogens is 5. The van der Waals surface area contributed by atoms with E-state index in [9.17, 15) is 18.3 Å². The number of carboxylic acid groups (broad SMARTS) is 1. The number of nitrogens with one attached hydrogen (secondary N) is 2. The smallest absolute Gasteiger partial charge is 0.335 e. The monoisotopic (exact) mass is 785 g/mol. The zero-order valence-corrected chi connectivity index (χ0v) is 34.7. The minimum absolute atomic E-state index is 0.110. The number of carbonyl (C=O) groups is 1. The first-order chi connectivity index (χ1) is 26.6. The van der Waals surface area contributed by atoms with Crippen LogP contribution in [-0.2, 0) is 53.0 Å². The number of fused-ring (bicyclic) bond motifs is 1. The van der Waals surface area contributed by atoms with E-state index in [1.807, 2.05) is 31.4 Å². The summed E-state index contributed by atoms with van der Waals surface area (Å²) >= 11 is 0. The van der Waals surface area contributed by atoms with Gasteiger partial charge in [0.15, 0.2) is 5.65 Å². The van der Waals surface area contributed by atoms with E-state index in [0.717, 1.165) is 70.9 Å². The number of sulfonamides is 1. The highest BCUT2D eigenvalue weighted by molar-refractivity contribution is 7.92. The normalized spacial score (nSPS) is 12.7. The largest absolute Gasteiger partial charge is 0.478 e. The van der Waals surface area contributed by atoms with Crippen LogP contribution in [0, 0.1) is 5.92 Å². The SMILES string of the molecule is CCc1cccc(CC)c1-c1cc(OC[C@@H](CC(C)C)NCc2cnc3c(CCOC)c(C(C)(C)C)n(C)c3n2)nc(NS(=O)(=O)c2cccc(C(=O)O)c2)n1. The molecule has 300 valence electrons. The number of ether oxygens (including phenoxy) is 2. The van der Waals surface area contributed by atoms with Crippen molar-refractivity contribution >= 4 is 33.1 Å². The van der Waals surface area contributed by atoms with E-state index in [1.165, 1.54) is 23.9 Å². The zero-order valence-electron chi connectivity index (χ0n) is 33.9. The van der Waals surface area contributed by atoms with Crippen LogP contribution in [0.5, 0.6) is 5.88 Å². The molecule has 56 heavy (non-hydrogen) atoms. The van der Waals surface area contributed by atoms with Gasteiger partial charge in [-0.3, -0.25) is 4.98 Å². The molecule has 5 rings (SSSR count). The Labute approximate surface area is 330 Å². The molecule has 3 aromatic heterocycles. The highest BCUT2D eigenvalue weighted by Crippen LogP contribution is 2.33. The Morgan fingerprint density at radius 1 is 1.00 bits per heavy atom. The number of benzene rings is 2. The number of aryl methyl sites for hydroxylation is 3. The molecule has 13 nitrogen and oxygen atoms in total. The number of hydrogen-bond acceptors (Lipinski definition) is 10. The maximum absolute atomic E-state index is 13.6. The lowest BCUT2D eigenvalue weighted by atomic mass is 9.88. The highest BCUT2D eigenvalue weighted by atomic mass is 32.2. The zero-order chi connectivity index (χ0) is 40.8. The summed E-state index contributed by atoms with van der Waals surface area (Å²) in [5.41, 5.74) is 8.09. The van der Waals surface area contributed by atoms with Gasteiger partial charge in [-0.05, 0) is 60.9 Å². The molecule has 5 aromatic rings. The molecule has 0 spiro atoms. The first-order valence-electron chi connectivity index (χ1n) is 19.1. The van der Waals surface area contributed by atoms with Gasteiger partial charge >= 0.3 is 5.97 Å². The van der Waals surface area contributed by atoms with Gasteiger partial charge in [-0.15, -0.1) is 0 Å². The molecule has 2 aromatic carbocycles. The number of methoxy groups -OCH3 is 1. The molecule has 0 bridgehead atoms. The van der Waals surface area contributed by atoms with E-state index in [4.69, 9.17) is 19.4 Å². The first kappa shape index (κ1) is 42.2. The summed E-state index contributed by atoms with van der Waals surface area (Å²) in [7, 11) is -0.515. The van der Waals surface area contributed by atoms with Crippen molar-refractivity contribution in [3.8, 4) is 17.1 Å². The van der Waals surface area contributed by atoms with Gasteiger partial charge in [-0.25, -0.2) is 27.9 Å². The summed E-state index contributed by atoms with van der Waals surface area (Å²) in [6, 6.07) is 12.8. The van der Waals surface area contributed by atoms with E-state index < -0.39 is 16.0 Å². The van der Waals surface area contributed by atoms with Crippen molar-refractivity contribution in [3.63, 3.8) is 0 Å². The van der Waals surface area contributed by atoms with Gasteiger partial charge < -0.3 is 24.5 Å². The van der Waals surface area contributed by atoms with Crippen molar-refractivity contribution < 1.29 is 27.8 Å². The molecule has 0 unspecified atom stereocenters. The summed E-state index contributed by atoms with van der Waals surface area (Å²) in [5, 5.41) is 13.1. The predicted molar refractivity (Wildman–Crippen MR) is 219 cm³/mol. The van der Waals surface area contributed by atoms with Gasteiger partial charge in [-0.2, -0.15) is 4.98 Å². The molecular formula is C42H55N7O6S. The van der Waals surface area contributed by atoms with Gasteiger partial charge in [0.2, 0.25) is 11.8 Å². The molecule has 0 aliphatic rings. The Morgan fingerprint density at radius 3 is 2.32 bits per heavy atom. The lowest BCUT2D eigenvalue weighted by Gasteiger charge is -2.22. The van der Waals surface area contributed by atoms with Gasteiger partial charge in [0.1, 0.15) is 12.1 Å². The quantitative estimate of drug-likeness (QED) is 0.0827. The number of anilines is 1. The second kappa shape index (κ2) is 17.9. The molecule has 14 heteroatoms. The Hall–Kier alpha value is -4.92. The van der Waals surface area contributed by atoms with Gasteiger partial charge in [0.25, 0.3) is 10.0 Å². The lowest BCUT2D eigenvalue weighted by Crippen LogP contribution is -2.36. The molecule has 0 saturated heterocycles. The maximum atomic E-state index is 13.6. The third kappa shape index (κ3) is 9.90. The molecule has 0 aliphatic carbocycles. The topological polar surface area (TPSA) is 170 Å². The fraction of sp³-hybridized carbons (Fsp3) is 0.452. The molecule has 0 saturated carbocycles. The Bertz CT molecular complexity index is 2260. The highest BCUT2D eigenvalue weighted by Gasteiger charge is 2.27. The van der Waals surface area contributed by atoms with Crippen molar-refractivity contribution in [2.45, 2.75) is 97.0 Å². The van der Waals surface area contributed by atoms with Crippen molar-refractivity contribution in [1.82, 2.24) is 29.8 Å². The van der Waals surface area contributed by atoms with Crippen LogP contribution in [0.3, 0.4) is 0 Å². The van der Waals surface area contributed by atoms with E-state index in [1.54, 1.807) is 13.2 Å². The van der Waals surface area contributed by atoms with E-state index in [2.05, 4.69) is 73.0 Å². The summed E-state index contributed by atoms with van der Waals surface area (Å²) in [4.78, 5) is 30.5. The van der Waals surface area contributed by atoms with Crippen molar-refractivity contribution in [1.29, 1.82) is 0 Å². The summed E-state index contributed by atoms with van der Waals surface area (Å²) < 4.78 is 43.5. The third-order valence-corrected chi connectivity index (χ3v) is 11.0. The van der Waals surface area contributed by atoms with Crippen molar-refractivity contribution in [2.75, 3.05) is 25.0 Å². The number of carboxylic acids is 1. The standard InChI is InChI=1S/C42H55N7O6S/c1-10-27-14-12-15-28(11-2)36(27)34-22-35(47-41(46-34)48-56(52,53)32-17-13-16-29(21-32)40(50)51)55-25-30(20-26(3)4)43-23-31-24-44-37-33(18-19-54-9)38(42(5,6)7)49(8)39(37)45-31/h12-17,21-22,24,26,30,43H,10-11,18-20,23,25H2,1-9H3,(H,50,51)(H,46,47,48)/t30-/m1/s1. The number of aromatic carboxylic acids is 1. The molecule has 0 fully saturated rings. The van der Waals surface area contributed by atoms with Crippen molar-refractivity contribution in [3.05, 3.63) is 88.4 Å². The van der Waals surface area contributed by atoms with Crippen LogP contribution in [0.4, 0.5) is 5.95 Å². The van der Waals surface area contributed by atoms with Gasteiger partial charge in [0.05, 0.1) is 34.7 Å². The predicted octanol–water partition coefficient (Wildman–Crippen LogP) is 7.12. The second-order valence-electron chi connectivity index (χ2n) is 15.4. The molecule has 3 N–H and O–H groups in total. The van der Waals surface area contributed by atoms with E-state index in [-0.39, 0.29) is 40.4 Å². The Morgan fingerprint density at radius 2 is 1.70 bits per heavy atom. The van der Waals surface area contributed by atoms with Crippen LogP contribution in [0.1, 0.15) is 93.3 Å². The Balaban J connectivity index is 1.45. The van der Waals surface area contributed by atoms with Crippen LogP contribution >= 0.6 is 0 Å².